The minimum absolute atomic E-state index is 0.170. The number of nitrogens with two attached hydrogens (primary N) is 1. The summed E-state index contributed by atoms with van der Waals surface area (Å²) >= 11 is 0. The van der Waals surface area contributed by atoms with Crippen molar-refractivity contribution in [1.82, 2.24) is 0 Å². The number of amides is 1. The lowest BCUT2D eigenvalue weighted by Crippen LogP contribution is -2.27. The minimum atomic E-state index is -0.329. The second-order valence-electron chi connectivity index (χ2n) is 4.36. The highest BCUT2D eigenvalue weighted by molar-refractivity contribution is 6.07. The van der Waals surface area contributed by atoms with E-state index in [2.05, 4.69) is 0 Å². The van der Waals surface area contributed by atoms with Crippen LogP contribution in [0.5, 0.6) is 0 Å². The van der Waals surface area contributed by atoms with Crippen molar-refractivity contribution < 1.29 is 9.18 Å². The van der Waals surface area contributed by atoms with E-state index < -0.39 is 0 Å². The van der Waals surface area contributed by atoms with Gasteiger partial charge in [0.05, 0.1) is 0 Å². The van der Waals surface area contributed by atoms with Crippen molar-refractivity contribution in [1.29, 1.82) is 0 Å². The van der Waals surface area contributed by atoms with E-state index in [-0.39, 0.29) is 11.7 Å². The zero-order valence-electron chi connectivity index (χ0n) is 10.9. The molecule has 0 heterocycles. The molecule has 0 atom stereocenters. The van der Waals surface area contributed by atoms with Gasteiger partial charge in [-0.1, -0.05) is 6.07 Å². The Labute approximate surface area is 111 Å². The standard InChI is InChI=1S/C15H15FN2O/c1-10-13(4-3-5-14(10)17)15(19)18(2)12-8-6-11(16)7-9-12/h3-9H,17H2,1-2H3. The average Bonchev–Trinajstić information content (AvgIpc) is 2.41. The maximum absolute atomic E-state index is 12.9. The Morgan fingerprint density at radius 1 is 1.16 bits per heavy atom. The van der Waals surface area contributed by atoms with Gasteiger partial charge in [0.1, 0.15) is 5.82 Å². The summed E-state index contributed by atoms with van der Waals surface area (Å²) in [5, 5.41) is 0. The van der Waals surface area contributed by atoms with Crippen LogP contribution in [0, 0.1) is 12.7 Å². The molecule has 2 aromatic carbocycles. The highest BCUT2D eigenvalue weighted by Gasteiger charge is 2.16. The van der Waals surface area contributed by atoms with Crippen molar-refractivity contribution in [2.24, 2.45) is 0 Å². The number of hydrogen-bond acceptors (Lipinski definition) is 2. The van der Waals surface area contributed by atoms with Gasteiger partial charge in [0.25, 0.3) is 5.91 Å². The Bertz CT molecular complexity index is 608. The van der Waals surface area contributed by atoms with Crippen LogP contribution in [0.25, 0.3) is 0 Å². The number of anilines is 2. The summed E-state index contributed by atoms with van der Waals surface area (Å²) in [5.41, 5.74) is 8.31. The van der Waals surface area contributed by atoms with Crippen molar-refractivity contribution in [3.8, 4) is 0 Å². The lowest BCUT2D eigenvalue weighted by atomic mass is 10.1. The third-order valence-corrected chi connectivity index (χ3v) is 3.12. The summed E-state index contributed by atoms with van der Waals surface area (Å²) in [4.78, 5) is 13.9. The van der Waals surface area contributed by atoms with E-state index in [1.165, 1.54) is 17.0 Å². The van der Waals surface area contributed by atoms with Crippen LogP contribution in [0.3, 0.4) is 0 Å². The van der Waals surface area contributed by atoms with Crippen LogP contribution in [0.1, 0.15) is 15.9 Å². The first-order chi connectivity index (χ1) is 9.00. The molecule has 4 heteroatoms. The molecule has 2 aromatic rings. The van der Waals surface area contributed by atoms with Gasteiger partial charge in [0, 0.05) is 24.0 Å². The maximum atomic E-state index is 12.9. The molecular weight excluding hydrogens is 243 g/mol. The number of hydrogen-bond donors (Lipinski definition) is 1. The molecule has 1 amide bonds. The first-order valence-electron chi connectivity index (χ1n) is 5.89. The number of benzene rings is 2. The highest BCUT2D eigenvalue weighted by Crippen LogP contribution is 2.20. The molecule has 0 bridgehead atoms. The molecule has 0 unspecified atom stereocenters. The molecule has 0 aromatic heterocycles. The molecule has 0 aliphatic carbocycles. The van der Waals surface area contributed by atoms with Crippen LogP contribution in [-0.4, -0.2) is 13.0 Å². The Kier molecular flexibility index (Phi) is 3.51. The number of rotatable bonds is 2. The van der Waals surface area contributed by atoms with Crippen LogP contribution in [-0.2, 0) is 0 Å². The van der Waals surface area contributed by atoms with E-state index >= 15 is 0 Å². The summed E-state index contributed by atoms with van der Waals surface area (Å²) in [5.74, 6) is -0.499. The molecule has 0 radical (unpaired) electrons. The van der Waals surface area contributed by atoms with E-state index in [1.807, 2.05) is 0 Å². The predicted octanol–water partition coefficient (Wildman–Crippen LogP) is 2.99. The van der Waals surface area contributed by atoms with Gasteiger partial charge in [-0.3, -0.25) is 4.79 Å². The van der Waals surface area contributed by atoms with E-state index in [0.29, 0.717) is 16.9 Å². The van der Waals surface area contributed by atoms with Gasteiger partial charge in [-0.05, 0) is 48.9 Å². The van der Waals surface area contributed by atoms with Gasteiger partial charge in [-0.15, -0.1) is 0 Å². The number of nitrogens with zero attached hydrogens (tertiary/aromatic N) is 1. The zero-order chi connectivity index (χ0) is 14.0. The van der Waals surface area contributed by atoms with Gasteiger partial charge < -0.3 is 10.6 Å². The Morgan fingerprint density at radius 3 is 2.42 bits per heavy atom. The van der Waals surface area contributed by atoms with Gasteiger partial charge in [0.2, 0.25) is 0 Å². The largest absolute Gasteiger partial charge is 0.398 e. The Morgan fingerprint density at radius 2 is 1.79 bits per heavy atom. The third-order valence-electron chi connectivity index (χ3n) is 3.12. The topological polar surface area (TPSA) is 46.3 Å². The lowest BCUT2D eigenvalue weighted by Gasteiger charge is -2.19. The first-order valence-corrected chi connectivity index (χ1v) is 5.89. The van der Waals surface area contributed by atoms with Crippen molar-refractivity contribution in [3.63, 3.8) is 0 Å². The van der Waals surface area contributed by atoms with E-state index in [9.17, 15) is 9.18 Å². The average molecular weight is 258 g/mol. The molecule has 0 aliphatic rings. The highest BCUT2D eigenvalue weighted by atomic mass is 19.1. The second kappa shape index (κ2) is 5.10. The normalized spacial score (nSPS) is 10.3. The Balaban J connectivity index is 2.33. The second-order valence-corrected chi connectivity index (χ2v) is 4.36. The van der Waals surface area contributed by atoms with Gasteiger partial charge in [-0.2, -0.15) is 0 Å². The van der Waals surface area contributed by atoms with Crippen molar-refractivity contribution in [2.75, 3.05) is 17.7 Å². The van der Waals surface area contributed by atoms with Crippen molar-refractivity contribution in [2.45, 2.75) is 6.92 Å². The smallest absolute Gasteiger partial charge is 0.258 e. The van der Waals surface area contributed by atoms with Crippen LogP contribution in [0.4, 0.5) is 15.8 Å². The van der Waals surface area contributed by atoms with Crippen LogP contribution < -0.4 is 10.6 Å². The van der Waals surface area contributed by atoms with Gasteiger partial charge in [0.15, 0.2) is 0 Å². The number of halogens is 1. The van der Waals surface area contributed by atoms with E-state index in [1.54, 1.807) is 44.3 Å². The van der Waals surface area contributed by atoms with E-state index in [0.717, 1.165) is 5.56 Å². The molecule has 19 heavy (non-hydrogen) atoms. The zero-order valence-corrected chi connectivity index (χ0v) is 10.9. The van der Waals surface area contributed by atoms with Crippen molar-refractivity contribution in [3.05, 3.63) is 59.4 Å². The molecule has 0 saturated carbocycles. The summed E-state index contributed by atoms with van der Waals surface area (Å²) in [6.07, 6.45) is 0. The monoisotopic (exact) mass is 258 g/mol. The molecular formula is C15H15FN2O. The van der Waals surface area contributed by atoms with Crippen LogP contribution in [0.15, 0.2) is 42.5 Å². The minimum Gasteiger partial charge on any atom is -0.398 e. The number of carbonyl (C=O) groups is 1. The fourth-order valence-electron chi connectivity index (χ4n) is 1.85. The lowest BCUT2D eigenvalue weighted by molar-refractivity contribution is 0.0992. The molecule has 0 aliphatic heterocycles. The summed E-state index contributed by atoms with van der Waals surface area (Å²) in [7, 11) is 1.65. The molecule has 0 saturated heterocycles. The fraction of sp³-hybridized carbons (Fsp3) is 0.133. The quantitative estimate of drug-likeness (QED) is 0.842. The fourth-order valence-corrected chi connectivity index (χ4v) is 1.85. The molecule has 0 spiro atoms. The maximum Gasteiger partial charge on any atom is 0.258 e. The number of carbonyl (C=O) groups excluding carboxylic acids is 1. The molecule has 2 rings (SSSR count). The van der Waals surface area contributed by atoms with Crippen molar-refractivity contribution >= 4 is 17.3 Å². The molecule has 98 valence electrons. The first kappa shape index (κ1) is 13.1. The summed E-state index contributed by atoms with van der Waals surface area (Å²) in [6.45, 7) is 1.81. The Hall–Kier alpha value is -2.36. The van der Waals surface area contributed by atoms with Crippen LogP contribution >= 0.6 is 0 Å². The predicted molar refractivity (Wildman–Crippen MR) is 74.7 cm³/mol. The van der Waals surface area contributed by atoms with Crippen LogP contribution in [0.2, 0.25) is 0 Å². The van der Waals surface area contributed by atoms with Gasteiger partial charge in [-0.25, -0.2) is 4.39 Å². The summed E-state index contributed by atoms with van der Waals surface area (Å²) in [6, 6.07) is 11.0. The molecule has 0 fully saturated rings. The summed E-state index contributed by atoms with van der Waals surface area (Å²) < 4.78 is 12.9. The van der Waals surface area contributed by atoms with Gasteiger partial charge >= 0.3 is 0 Å². The molecule has 2 N–H and O–H groups in total. The third kappa shape index (κ3) is 2.57. The van der Waals surface area contributed by atoms with E-state index in [4.69, 9.17) is 5.73 Å². The number of nitrogen functional groups attached to an aromatic ring is 1. The molecule has 3 nitrogen and oxygen atoms in total. The SMILES string of the molecule is Cc1c(N)cccc1C(=O)N(C)c1ccc(F)cc1.